The molecule has 1 aromatic rings. The first-order valence-electron chi connectivity index (χ1n) is 6.32. The Kier molecular flexibility index (Phi) is 5.82. The molecule has 1 unspecified atom stereocenters. The van der Waals surface area contributed by atoms with Crippen molar-refractivity contribution >= 4 is 27.5 Å². The fraction of sp³-hybridized carbons (Fsp3) is 0.500. The van der Waals surface area contributed by atoms with E-state index in [-0.39, 0.29) is 11.9 Å². The highest BCUT2D eigenvalue weighted by atomic mass is 79.9. The number of likely N-dealkylation sites (N-methyl/N-ethyl adjacent to an activating group) is 1. The van der Waals surface area contributed by atoms with Crippen LogP contribution in [0.5, 0.6) is 0 Å². The second kappa shape index (κ2) is 6.91. The molecule has 0 aromatic heterocycles. The maximum absolute atomic E-state index is 12.3. The van der Waals surface area contributed by atoms with E-state index in [0.29, 0.717) is 17.2 Å². The summed E-state index contributed by atoms with van der Waals surface area (Å²) in [5.41, 5.74) is 6.89. The zero-order valence-corrected chi connectivity index (χ0v) is 13.5. The third-order valence-electron chi connectivity index (χ3n) is 2.92. The number of anilines is 1. The predicted molar refractivity (Wildman–Crippen MR) is 83.2 cm³/mol. The van der Waals surface area contributed by atoms with Crippen molar-refractivity contribution in [1.82, 2.24) is 10.2 Å². The van der Waals surface area contributed by atoms with Crippen LogP contribution in [0.25, 0.3) is 0 Å². The minimum Gasteiger partial charge on any atom is -0.399 e. The van der Waals surface area contributed by atoms with Gasteiger partial charge in [0.25, 0.3) is 5.91 Å². The lowest BCUT2D eigenvalue weighted by Crippen LogP contribution is -2.45. The van der Waals surface area contributed by atoms with Crippen LogP contribution in [0.15, 0.2) is 22.7 Å². The molecule has 3 N–H and O–H groups in total. The van der Waals surface area contributed by atoms with E-state index >= 15 is 0 Å². The topological polar surface area (TPSA) is 58.4 Å². The molecule has 0 aliphatic carbocycles. The number of hydrogen-bond acceptors (Lipinski definition) is 3. The average molecular weight is 328 g/mol. The van der Waals surface area contributed by atoms with E-state index < -0.39 is 0 Å². The van der Waals surface area contributed by atoms with E-state index in [0.717, 1.165) is 11.0 Å². The summed E-state index contributed by atoms with van der Waals surface area (Å²) in [5.74, 6) is 0.269. The van der Waals surface area contributed by atoms with Crippen LogP contribution in [0.4, 0.5) is 5.69 Å². The number of nitrogen functional groups attached to an aromatic ring is 1. The van der Waals surface area contributed by atoms with Gasteiger partial charge in [-0.2, -0.15) is 0 Å². The third-order valence-corrected chi connectivity index (χ3v) is 3.61. The van der Waals surface area contributed by atoms with Gasteiger partial charge in [0.05, 0.1) is 5.56 Å². The zero-order chi connectivity index (χ0) is 14.6. The molecule has 106 valence electrons. The van der Waals surface area contributed by atoms with E-state index in [1.807, 2.05) is 14.1 Å². The van der Waals surface area contributed by atoms with Gasteiger partial charge in [0.2, 0.25) is 0 Å². The average Bonchev–Trinajstić information content (AvgIpc) is 2.30. The smallest absolute Gasteiger partial charge is 0.252 e. The normalized spacial score (nSPS) is 12.8. The molecule has 1 rings (SSSR count). The lowest BCUT2D eigenvalue weighted by Gasteiger charge is -2.25. The van der Waals surface area contributed by atoms with Crippen molar-refractivity contribution in [3.8, 4) is 0 Å². The molecule has 5 heteroatoms. The first kappa shape index (κ1) is 16.0. The van der Waals surface area contributed by atoms with Gasteiger partial charge in [-0.15, -0.1) is 0 Å². The maximum atomic E-state index is 12.3. The number of nitrogens with two attached hydrogens (primary N) is 1. The van der Waals surface area contributed by atoms with Crippen LogP contribution in [0, 0.1) is 5.92 Å². The van der Waals surface area contributed by atoms with Crippen LogP contribution < -0.4 is 11.1 Å². The second-order valence-electron chi connectivity index (χ2n) is 5.33. The lowest BCUT2D eigenvalue weighted by molar-refractivity contribution is 0.0916. The fourth-order valence-corrected chi connectivity index (χ4v) is 2.21. The minimum absolute atomic E-state index is 0.0975. The molecule has 1 aromatic carbocycles. The summed E-state index contributed by atoms with van der Waals surface area (Å²) in [6.45, 7) is 5.01. The number of benzene rings is 1. The lowest BCUT2D eigenvalue weighted by atomic mass is 10.0. The van der Waals surface area contributed by atoms with Crippen LogP contribution in [-0.2, 0) is 0 Å². The highest BCUT2D eigenvalue weighted by Crippen LogP contribution is 2.20. The summed E-state index contributed by atoms with van der Waals surface area (Å²) in [4.78, 5) is 14.4. The Morgan fingerprint density at radius 3 is 2.58 bits per heavy atom. The van der Waals surface area contributed by atoms with E-state index in [4.69, 9.17) is 5.73 Å². The van der Waals surface area contributed by atoms with Crippen molar-refractivity contribution in [2.75, 3.05) is 26.4 Å². The summed E-state index contributed by atoms with van der Waals surface area (Å²) < 4.78 is 0.756. The Balaban J connectivity index is 2.84. The number of nitrogens with zero attached hydrogens (tertiary/aromatic N) is 1. The SMILES string of the molecule is CC(C)C(CN(C)C)NC(=O)c1cc(N)ccc1Br. The predicted octanol–water partition coefficient (Wildman–Crippen LogP) is 2.35. The van der Waals surface area contributed by atoms with E-state index in [1.54, 1.807) is 18.2 Å². The van der Waals surface area contributed by atoms with E-state index in [9.17, 15) is 4.79 Å². The van der Waals surface area contributed by atoms with Gasteiger partial charge in [-0.25, -0.2) is 0 Å². The van der Waals surface area contributed by atoms with Crippen molar-refractivity contribution in [1.29, 1.82) is 0 Å². The molecule has 0 aliphatic rings. The van der Waals surface area contributed by atoms with E-state index in [1.165, 1.54) is 0 Å². The van der Waals surface area contributed by atoms with Gasteiger partial charge in [-0.05, 0) is 54.1 Å². The van der Waals surface area contributed by atoms with Gasteiger partial charge in [-0.1, -0.05) is 13.8 Å². The highest BCUT2D eigenvalue weighted by Gasteiger charge is 2.19. The molecular formula is C14H22BrN3O. The van der Waals surface area contributed by atoms with Gasteiger partial charge >= 0.3 is 0 Å². The van der Waals surface area contributed by atoms with Gasteiger partial charge in [0.15, 0.2) is 0 Å². The fourth-order valence-electron chi connectivity index (χ4n) is 1.78. The Morgan fingerprint density at radius 2 is 2.05 bits per heavy atom. The van der Waals surface area contributed by atoms with Gasteiger partial charge < -0.3 is 16.0 Å². The van der Waals surface area contributed by atoms with Gasteiger partial charge in [-0.3, -0.25) is 4.79 Å². The summed E-state index contributed by atoms with van der Waals surface area (Å²) in [6.07, 6.45) is 0. The number of nitrogens with one attached hydrogen (secondary N) is 1. The molecular weight excluding hydrogens is 306 g/mol. The molecule has 0 heterocycles. The van der Waals surface area contributed by atoms with Crippen molar-refractivity contribution in [3.63, 3.8) is 0 Å². The molecule has 4 nitrogen and oxygen atoms in total. The quantitative estimate of drug-likeness (QED) is 0.816. The van der Waals surface area contributed by atoms with Crippen LogP contribution >= 0.6 is 15.9 Å². The summed E-state index contributed by atoms with van der Waals surface area (Å²) >= 11 is 3.38. The number of hydrogen-bond donors (Lipinski definition) is 2. The summed E-state index contributed by atoms with van der Waals surface area (Å²) in [7, 11) is 4.00. The number of carbonyl (C=O) groups is 1. The number of carbonyl (C=O) groups excluding carboxylic acids is 1. The Labute approximate surface area is 123 Å². The molecule has 0 spiro atoms. The minimum atomic E-state index is -0.0975. The Morgan fingerprint density at radius 1 is 1.42 bits per heavy atom. The zero-order valence-electron chi connectivity index (χ0n) is 11.9. The van der Waals surface area contributed by atoms with Gasteiger partial charge in [0, 0.05) is 22.7 Å². The largest absolute Gasteiger partial charge is 0.399 e. The standard InChI is InChI=1S/C14H22BrN3O/c1-9(2)13(8-18(3)4)17-14(19)11-7-10(16)5-6-12(11)15/h5-7,9,13H,8,16H2,1-4H3,(H,17,19). The van der Waals surface area contributed by atoms with Crippen LogP contribution in [0.2, 0.25) is 0 Å². The van der Waals surface area contributed by atoms with Crippen LogP contribution in [0.1, 0.15) is 24.2 Å². The Hall–Kier alpha value is -1.07. The van der Waals surface area contributed by atoms with Crippen molar-refractivity contribution in [3.05, 3.63) is 28.2 Å². The van der Waals surface area contributed by atoms with Crippen molar-refractivity contribution in [2.45, 2.75) is 19.9 Å². The first-order chi connectivity index (χ1) is 8.81. The van der Waals surface area contributed by atoms with Crippen molar-refractivity contribution < 1.29 is 4.79 Å². The monoisotopic (exact) mass is 327 g/mol. The third kappa shape index (κ3) is 4.84. The van der Waals surface area contributed by atoms with E-state index in [2.05, 4.69) is 40.0 Å². The first-order valence-corrected chi connectivity index (χ1v) is 7.11. The molecule has 0 saturated carbocycles. The van der Waals surface area contributed by atoms with Crippen molar-refractivity contribution in [2.24, 2.45) is 5.92 Å². The molecule has 0 radical (unpaired) electrons. The van der Waals surface area contributed by atoms with Gasteiger partial charge in [0.1, 0.15) is 0 Å². The molecule has 0 fully saturated rings. The Bertz CT molecular complexity index is 446. The number of halogens is 1. The molecule has 1 amide bonds. The number of amides is 1. The summed E-state index contributed by atoms with van der Waals surface area (Å²) in [5, 5.41) is 3.07. The van der Waals surface area contributed by atoms with Crippen LogP contribution in [-0.4, -0.2) is 37.5 Å². The maximum Gasteiger partial charge on any atom is 0.252 e. The highest BCUT2D eigenvalue weighted by molar-refractivity contribution is 9.10. The molecule has 0 aliphatic heterocycles. The summed E-state index contributed by atoms with van der Waals surface area (Å²) in [6, 6.07) is 5.35. The second-order valence-corrected chi connectivity index (χ2v) is 6.18. The molecule has 0 saturated heterocycles. The van der Waals surface area contributed by atoms with Crippen LogP contribution in [0.3, 0.4) is 0 Å². The number of rotatable bonds is 5. The molecule has 19 heavy (non-hydrogen) atoms. The molecule has 0 bridgehead atoms. The molecule has 1 atom stereocenters.